The second-order valence-corrected chi connectivity index (χ2v) is 7.13. The van der Waals surface area contributed by atoms with Crippen LogP contribution in [0.4, 0.5) is 0 Å². The molecule has 3 rings (SSSR count). The molecule has 2 N–H and O–H groups in total. The van der Waals surface area contributed by atoms with E-state index in [2.05, 4.69) is 9.97 Å². The first-order valence-electron chi connectivity index (χ1n) is 6.71. The number of carbonyl (C=O) groups is 1. The minimum atomic E-state index is -3.24. The topological polar surface area (TPSA) is 103 Å². The summed E-state index contributed by atoms with van der Waals surface area (Å²) < 4.78 is 23.1. The monoisotopic (exact) mass is 327 g/mol. The first-order valence-corrected chi connectivity index (χ1v) is 8.60. The van der Waals surface area contributed by atoms with Crippen LogP contribution in [0.3, 0.4) is 0 Å². The predicted molar refractivity (Wildman–Crippen MR) is 86.6 cm³/mol. The standard InChI is InChI=1S/C16H13N3O3S/c1-23(21,22)11-4-2-10(3-5-11)13-8-18-9-15-12(13)6-7-14(19-15)16(17)20/h2-9H,1H3,(H2,17,20). The van der Waals surface area contributed by atoms with Gasteiger partial charge < -0.3 is 5.73 Å². The van der Waals surface area contributed by atoms with Crippen molar-refractivity contribution in [1.29, 1.82) is 0 Å². The highest BCUT2D eigenvalue weighted by molar-refractivity contribution is 7.90. The van der Waals surface area contributed by atoms with Crippen LogP contribution in [0.15, 0.2) is 53.7 Å². The summed E-state index contributed by atoms with van der Waals surface area (Å²) in [6.45, 7) is 0. The van der Waals surface area contributed by atoms with Gasteiger partial charge in [0.05, 0.1) is 16.6 Å². The molecule has 2 heterocycles. The Morgan fingerprint density at radius 2 is 1.74 bits per heavy atom. The van der Waals surface area contributed by atoms with E-state index in [0.29, 0.717) is 5.52 Å². The lowest BCUT2D eigenvalue weighted by Gasteiger charge is -2.07. The van der Waals surface area contributed by atoms with Crippen molar-refractivity contribution in [3.63, 3.8) is 0 Å². The largest absolute Gasteiger partial charge is 0.364 e. The van der Waals surface area contributed by atoms with Crippen molar-refractivity contribution in [2.24, 2.45) is 5.73 Å². The lowest BCUT2D eigenvalue weighted by atomic mass is 10.0. The van der Waals surface area contributed by atoms with Gasteiger partial charge in [-0.25, -0.2) is 13.4 Å². The van der Waals surface area contributed by atoms with Crippen LogP contribution < -0.4 is 5.73 Å². The number of carbonyl (C=O) groups excluding carboxylic acids is 1. The zero-order valence-corrected chi connectivity index (χ0v) is 13.0. The maximum Gasteiger partial charge on any atom is 0.267 e. The Morgan fingerprint density at radius 1 is 1.04 bits per heavy atom. The number of sulfone groups is 1. The molecule has 7 heteroatoms. The number of aromatic nitrogens is 2. The van der Waals surface area contributed by atoms with Gasteiger partial charge in [0, 0.05) is 23.4 Å². The normalized spacial score (nSPS) is 11.5. The smallest absolute Gasteiger partial charge is 0.267 e. The van der Waals surface area contributed by atoms with Crippen LogP contribution in [0.5, 0.6) is 0 Å². The van der Waals surface area contributed by atoms with Gasteiger partial charge in [-0.3, -0.25) is 9.78 Å². The molecule has 0 atom stereocenters. The molecule has 0 unspecified atom stereocenters. The Kier molecular flexibility index (Phi) is 3.57. The minimum absolute atomic E-state index is 0.170. The van der Waals surface area contributed by atoms with Gasteiger partial charge >= 0.3 is 0 Å². The number of hydrogen-bond acceptors (Lipinski definition) is 5. The molecular formula is C16H13N3O3S. The van der Waals surface area contributed by atoms with Crippen LogP contribution in [0, 0.1) is 0 Å². The van der Waals surface area contributed by atoms with Gasteiger partial charge in [0.2, 0.25) is 0 Å². The molecule has 0 fully saturated rings. The fourth-order valence-corrected chi connectivity index (χ4v) is 2.93. The zero-order valence-electron chi connectivity index (χ0n) is 12.2. The van der Waals surface area contributed by atoms with Gasteiger partial charge in [-0.15, -0.1) is 0 Å². The summed E-state index contributed by atoms with van der Waals surface area (Å²) in [5.74, 6) is -0.602. The third-order valence-electron chi connectivity index (χ3n) is 3.46. The highest BCUT2D eigenvalue weighted by Crippen LogP contribution is 2.27. The van der Waals surface area contributed by atoms with E-state index in [4.69, 9.17) is 5.73 Å². The molecule has 23 heavy (non-hydrogen) atoms. The van der Waals surface area contributed by atoms with Crippen molar-refractivity contribution >= 4 is 26.6 Å². The van der Waals surface area contributed by atoms with Crippen molar-refractivity contribution in [2.45, 2.75) is 4.90 Å². The van der Waals surface area contributed by atoms with Crippen LogP contribution >= 0.6 is 0 Å². The SMILES string of the molecule is CS(=O)(=O)c1ccc(-c2cncc3nc(C(N)=O)ccc23)cc1. The molecule has 116 valence electrons. The molecule has 6 nitrogen and oxygen atoms in total. The number of rotatable bonds is 3. The number of nitrogens with two attached hydrogens (primary N) is 1. The number of benzene rings is 1. The van der Waals surface area contributed by atoms with Crippen LogP contribution in [0.2, 0.25) is 0 Å². The van der Waals surface area contributed by atoms with Gasteiger partial charge in [0.15, 0.2) is 9.84 Å². The van der Waals surface area contributed by atoms with E-state index in [9.17, 15) is 13.2 Å². The number of fused-ring (bicyclic) bond motifs is 1. The Hall–Kier alpha value is -2.80. The summed E-state index contributed by atoms with van der Waals surface area (Å²) >= 11 is 0. The summed E-state index contributed by atoms with van der Waals surface area (Å²) in [5.41, 5.74) is 7.56. The highest BCUT2D eigenvalue weighted by atomic mass is 32.2. The lowest BCUT2D eigenvalue weighted by Crippen LogP contribution is -2.12. The van der Waals surface area contributed by atoms with Gasteiger partial charge in [0.1, 0.15) is 5.69 Å². The number of primary amides is 1. The Morgan fingerprint density at radius 3 is 2.35 bits per heavy atom. The first kappa shape index (κ1) is 15.1. The van der Waals surface area contributed by atoms with Crippen LogP contribution in [-0.4, -0.2) is 30.5 Å². The molecule has 1 aromatic carbocycles. The molecule has 0 aliphatic rings. The van der Waals surface area contributed by atoms with Gasteiger partial charge in [-0.05, 0) is 29.8 Å². The fraction of sp³-hybridized carbons (Fsp3) is 0.0625. The van der Waals surface area contributed by atoms with Crippen molar-refractivity contribution in [3.8, 4) is 11.1 Å². The van der Waals surface area contributed by atoms with E-state index in [1.54, 1.807) is 48.8 Å². The fourth-order valence-electron chi connectivity index (χ4n) is 2.30. The molecule has 3 aromatic rings. The number of nitrogens with zero attached hydrogens (tertiary/aromatic N) is 2. The van der Waals surface area contributed by atoms with Crippen molar-refractivity contribution in [1.82, 2.24) is 9.97 Å². The molecule has 0 aliphatic heterocycles. The average Bonchev–Trinajstić information content (AvgIpc) is 2.53. The highest BCUT2D eigenvalue weighted by Gasteiger charge is 2.11. The Bertz CT molecular complexity index is 1010. The van der Waals surface area contributed by atoms with Crippen molar-refractivity contribution in [3.05, 3.63) is 54.5 Å². The molecule has 0 saturated heterocycles. The van der Waals surface area contributed by atoms with Crippen molar-refractivity contribution in [2.75, 3.05) is 6.26 Å². The summed E-state index contributed by atoms with van der Waals surface area (Å²) in [6, 6.07) is 9.84. The second-order valence-electron chi connectivity index (χ2n) is 5.11. The third-order valence-corrected chi connectivity index (χ3v) is 4.59. The van der Waals surface area contributed by atoms with E-state index < -0.39 is 15.7 Å². The number of pyridine rings is 2. The maximum atomic E-state index is 11.5. The molecule has 2 aromatic heterocycles. The van der Waals surface area contributed by atoms with Gasteiger partial charge in [-0.2, -0.15) is 0 Å². The summed E-state index contributed by atoms with van der Waals surface area (Å²) in [4.78, 5) is 19.8. The van der Waals surface area contributed by atoms with E-state index >= 15 is 0 Å². The van der Waals surface area contributed by atoms with E-state index in [0.717, 1.165) is 22.8 Å². The second kappa shape index (κ2) is 5.44. The van der Waals surface area contributed by atoms with E-state index in [-0.39, 0.29) is 10.6 Å². The lowest BCUT2D eigenvalue weighted by molar-refractivity contribution is 0.0996. The number of hydrogen-bond donors (Lipinski definition) is 1. The van der Waals surface area contributed by atoms with Crippen LogP contribution in [-0.2, 0) is 9.84 Å². The molecule has 1 amide bonds. The zero-order chi connectivity index (χ0) is 16.6. The Balaban J connectivity index is 2.15. The van der Waals surface area contributed by atoms with Gasteiger partial charge in [-0.1, -0.05) is 12.1 Å². The molecule has 0 spiro atoms. The summed E-state index contributed by atoms with van der Waals surface area (Å²) in [6.07, 6.45) is 4.39. The molecule has 0 saturated carbocycles. The molecule has 0 bridgehead atoms. The summed E-state index contributed by atoms with van der Waals surface area (Å²) in [5, 5.41) is 0.803. The minimum Gasteiger partial charge on any atom is -0.364 e. The number of amides is 1. The molecular weight excluding hydrogens is 314 g/mol. The molecule has 0 aliphatic carbocycles. The Labute approximate surface area is 132 Å². The van der Waals surface area contributed by atoms with Crippen LogP contribution in [0.1, 0.15) is 10.5 Å². The maximum absolute atomic E-state index is 11.5. The van der Waals surface area contributed by atoms with Crippen molar-refractivity contribution < 1.29 is 13.2 Å². The summed E-state index contributed by atoms with van der Waals surface area (Å²) in [7, 11) is -3.24. The predicted octanol–water partition coefficient (Wildman–Crippen LogP) is 1.80. The molecule has 0 radical (unpaired) electrons. The third kappa shape index (κ3) is 2.91. The average molecular weight is 327 g/mol. The first-order chi connectivity index (χ1) is 10.9. The van der Waals surface area contributed by atoms with E-state index in [1.165, 1.54) is 0 Å². The quantitative estimate of drug-likeness (QED) is 0.790. The van der Waals surface area contributed by atoms with Gasteiger partial charge in [0.25, 0.3) is 5.91 Å². The van der Waals surface area contributed by atoms with E-state index in [1.807, 2.05) is 0 Å². The van der Waals surface area contributed by atoms with Crippen LogP contribution in [0.25, 0.3) is 22.0 Å².